The van der Waals surface area contributed by atoms with Crippen molar-refractivity contribution < 1.29 is 19.1 Å². The first-order valence-corrected chi connectivity index (χ1v) is 6.73. The third-order valence-corrected chi connectivity index (χ3v) is 4.12. The summed E-state index contributed by atoms with van der Waals surface area (Å²) in [6, 6.07) is 4.88. The van der Waals surface area contributed by atoms with Crippen LogP contribution >= 0.6 is 27.3 Å². The molecule has 19 heavy (non-hydrogen) atoms. The number of aromatic carboxylic acids is 1. The SMILES string of the molecule is O=C(O)c1cc(F)ccc1NC(=O)c1sccc1Br. The Labute approximate surface area is 120 Å². The molecule has 2 aromatic rings. The van der Waals surface area contributed by atoms with Crippen molar-refractivity contribution in [1.82, 2.24) is 0 Å². The van der Waals surface area contributed by atoms with Gasteiger partial charge in [0.2, 0.25) is 0 Å². The molecule has 1 amide bonds. The van der Waals surface area contributed by atoms with Gasteiger partial charge in [0.05, 0.1) is 11.3 Å². The fraction of sp³-hybridized carbons (Fsp3) is 0. The Morgan fingerprint density at radius 3 is 2.63 bits per heavy atom. The van der Waals surface area contributed by atoms with Gasteiger partial charge in [-0.2, -0.15) is 0 Å². The fourth-order valence-corrected chi connectivity index (χ4v) is 2.88. The maximum absolute atomic E-state index is 13.0. The Morgan fingerprint density at radius 1 is 1.32 bits per heavy atom. The maximum atomic E-state index is 13.0. The fourth-order valence-electron chi connectivity index (χ4n) is 1.44. The van der Waals surface area contributed by atoms with Crippen molar-refractivity contribution in [2.75, 3.05) is 5.32 Å². The smallest absolute Gasteiger partial charge is 0.337 e. The van der Waals surface area contributed by atoms with E-state index in [1.165, 1.54) is 17.4 Å². The van der Waals surface area contributed by atoms with Crippen molar-refractivity contribution in [3.8, 4) is 0 Å². The molecule has 0 radical (unpaired) electrons. The molecule has 0 saturated carbocycles. The lowest BCUT2D eigenvalue weighted by Gasteiger charge is -2.07. The largest absolute Gasteiger partial charge is 0.478 e. The van der Waals surface area contributed by atoms with Crippen LogP contribution in [0.4, 0.5) is 10.1 Å². The summed E-state index contributed by atoms with van der Waals surface area (Å²) in [4.78, 5) is 23.3. The van der Waals surface area contributed by atoms with Crippen LogP contribution in [0.5, 0.6) is 0 Å². The van der Waals surface area contributed by atoms with Gasteiger partial charge in [0, 0.05) is 4.47 Å². The molecule has 0 saturated heterocycles. The molecule has 0 spiro atoms. The van der Waals surface area contributed by atoms with E-state index in [0.717, 1.165) is 12.1 Å². The lowest BCUT2D eigenvalue weighted by molar-refractivity contribution is 0.0697. The van der Waals surface area contributed by atoms with Gasteiger partial charge in [0.15, 0.2) is 0 Å². The minimum atomic E-state index is -1.31. The van der Waals surface area contributed by atoms with Crippen LogP contribution in [0.25, 0.3) is 0 Å². The number of carbonyl (C=O) groups excluding carboxylic acids is 1. The van der Waals surface area contributed by atoms with Crippen LogP contribution < -0.4 is 5.32 Å². The summed E-state index contributed by atoms with van der Waals surface area (Å²) < 4.78 is 13.6. The van der Waals surface area contributed by atoms with E-state index in [9.17, 15) is 14.0 Å². The number of nitrogens with one attached hydrogen (secondary N) is 1. The summed E-state index contributed by atoms with van der Waals surface area (Å²) in [6.07, 6.45) is 0. The highest BCUT2D eigenvalue weighted by atomic mass is 79.9. The zero-order chi connectivity index (χ0) is 14.0. The van der Waals surface area contributed by atoms with E-state index in [0.29, 0.717) is 9.35 Å². The van der Waals surface area contributed by atoms with E-state index in [1.54, 1.807) is 11.4 Å². The summed E-state index contributed by atoms with van der Waals surface area (Å²) in [5.41, 5.74) is -0.236. The minimum Gasteiger partial charge on any atom is -0.478 e. The van der Waals surface area contributed by atoms with Crippen LogP contribution in [0.3, 0.4) is 0 Å². The van der Waals surface area contributed by atoms with Gasteiger partial charge in [-0.3, -0.25) is 4.79 Å². The molecule has 0 atom stereocenters. The zero-order valence-electron chi connectivity index (χ0n) is 9.31. The molecule has 0 unspecified atom stereocenters. The van der Waals surface area contributed by atoms with Crippen molar-refractivity contribution in [2.24, 2.45) is 0 Å². The van der Waals surface area contributed by atoms with Gasteiger partial charge in [-0.25, -0.2) is 9.18 Å². The van der Waals surface area contributed by atoms with E-state index in [-0.39, 0.29) is 11.3 Å². The summed E-state index contributed by atoms with van der Waals surface area (Å²) >= 11 is 4.43. The number of benzene rings is 1. The first kappa shape index (κ1) is 13.7. The van der Waals surface area contributed by atoms with Crippen LogP contribution in [0.1, 0.15) is 20.0 Å². The van der Waals surface area contributed by atoms with Gasteiger partial charge in [0.25, 0.3) is 5.91 Å². The summed E-state index contributed by atoms with van der Waals surface area (Å²) in [6.45, 7) is 0. The first-order chi connectivity index (χ1) is 8.99. The van der Waals surface area contributed by atoms with Crippen LogP contribution in [-0.4, -0.2) is 17.0 Å². The molecule has 1 aromatic heterocycles. The Balaban J connectivity index is 2.32. The first-order valence-electron chi connectivity index (χ1n) is 5.06. The second kappa shape index (κ2) is 5.50. The number of carbonyl (C=O) groups is 2. The molecule has 0 aliphatic carbocycles. The number of anilines is 1. The van der Waals surface area contributed by atoms with E-state index >= 15 is 0 Å². The van der Waals surface area contributed by atoms with Gasteiger partial charge in [-0.1, -0.05) is 0 Å². The number of amides is 1. The second-order valence-corrected chi connectivity index (χ2v) is 5.32. The Hall–Kier alpha value is -1.73. The standard InChI is InChI=1S/C12H7BrFNO3S/c13-8-3-4-19-10(8)11(16)15-9-2-1-6(14)5-7(9)12(17)18/h1-5H,(H,15,16)(H,17,18). The van der Waals surface area contributed by atoms with Crippen molar-refractivity contribution in [3.05, 3.63) is 50.4 Å². The molecule has 2 rings (SSSR count). The monoisotopic (exact) mass is 343 g/mol. The molecule has 0 aliphatic rings. The van der Waals surface area contributed by atoms with E-state index < -0.39 is 17.7 Å². The lowest BCUT2D eigenvalue weighted by Crippen LogP contribution is -2.14. The van der Waals surface area contributed by atoms with Crippen molar-refractivity contribution >= 4 is 44.8 Å². The highest BCUT2D eigenvalue weighted by Gasteiger charge is 2.16. The quantitative estimate of drug-likeness (QED) is 0.894. The van der Waals surface area contributed by atoms with Crippen molar-refractivity contribution in [1.29, 1.82) is 0 Å². The maximum Gasteiger partial charge on any atom is 0.337 e. The molecule has 7 heteroatoms. The number of hydrogen-bond donors (Lipinski definition) is 2. The molecular weight excluding hydrogens is 337 g/mol. The molecular formula is C12H7BrFNO3S. The number of halogens is 2. The van der Waals surface area contributed by atoms with E-state index in [2.05, 4.69) is 21.2 Å². The predicted molar refractivity (Wildman–Crippen MR) is 73.3 cm³/mol. The predicted octanol–water partition coefficient (Wildman–Crippen LogP) is 3.60. The molecule has 98 valence electrons. The van der Waals surface area contributed by atoms with Gasteiger partial charge in [-0.15, -0.1) is 11.3 Å². The molecule has 4 nitrogen and oxygen atoms in total. The Bertz CT molecular complexity index is 656. The molecule has 1 aromatic carbocycles. The van der Waals surface area contributed by atoms with Crippen LogP contribution in [0.2, 0.25) is 0 Å². The minimum absolute atomic E-state index is 0.0548. The Morgan fingerprint density at radius 2 is 2.05 bits per heavy atom. The summed E-state index contributed by atoms with van der Waals surface area (Å²) in [7, 11) is 0. The average molecular weight is 344 g/mol. The third kappa shape index (κ3) is 2.99. The van der Waals surface area contributed by atoms with Gasteiger partial charge >= 0.3 is 5.97 Å². The third-order valence-electron chi connectivity index (χ3n) is 2.28. The van der Waals surface area contributed by atoms with Crippen molar-refractivity contribution in [3.63, 3.8) is 0 Å². The zero-order valence-corrected chi connectivity index (χ0v) is 11.7. The van der Waals surface area contributed by atoms with Crippen molar-refractivity contribution in [2.45, 2.75) is 0 Å². The molecule has 2 N–H and O–H groups in total. The van der Waals surface area contributed by atoms with Gasteiger partial charge < -0.3 is 10.4 Å². The Kier molecular flexibility index (Phi) is 3.96. The highest BCUT2D eigenvalue weighted by Crippen LogP contribution is 2.25. The number of rotatable bonds is 3. The molecule has 0 aliphatic heterocycles. The summed E-state index contributed by atoms with van der Waals surface area (Å²) in [5.74, 6) is -2.43. The number of hydrogen-bond acceptors (Lipinski definition) is 3. The highest BCUT2D eigenvalue weighted by molar-refractivity contribution is 9.10. The molecule has 1 heterocycles. The van der Waals surface area contributed by atoms with E-state index in [1.807, 2.05) is 0 Å². The van der Waals surface area contributed by atoms with Gasteiger partial charge in [0.1, 0.15) is 10.7 Å². The van der Waals surface area contributed by atoms with Gasteiger partial charge in [-0.05, 0) is 45.6 Å². The van der Waals surface area contributed by atoms with E-state index in [4.69, 9.17) is 5.11 Å². The van der Waals surface area contributed by atoms with Crippen LogP contribution in [-0.2, 0) is 0 Å². The average Bonchev–Trinajstić information content (AvgIpc) is 2.77. The van der Waals surface area contributed by atoms with Crippen LogP contribution in [0.15, 0.2) is 34.1 Å². The molecule has 0 bridgehead atoms. The normalized spacial score (nSPS) is 10.2. The summed E-state index contributed by atoms with van der Waals surface area (Å²) in [5, 5.41) is 13.1. The number of thiophene rings is 1. The number of carboxylic acids is 1. The topological polar surface area (TPSA) is 66.4 Å². The molecule has 0 fully saturated rings. The second-order valence-electron chi connectivity index (χ2n) is 3.55. The van der Waals surface area contributed by atoms with Crippen LogP contribution in [0, 0.1) is 5.82 Å². The number of carboxylic acid groups (broad SMARTS) is 1. The lowest BCUT2D eigenvalue weighted by atomic mass is 10.1.